The molecule has 1 saturated heterocycles. The molecular formula is C59H111NO10. The fourth-order valence-corrected chi connectivity index (χ4v) is 9.31. The molecule has 412 valence electrons. The summed E-state index contributed by atoms with van der Waals surface area (Å²) in [5.74, 6) is -0.208. The van der Waals surface area contributed by atoms with Crippen LogP contribution in [0.15, 0.2) is 24.3 Å². The fourth-order valence-electron chi connectivity index (χ4n) is 9.31. The summed E-state index contributed by atoms with van der Waals surface area (Å²) in [5, 5.41) is 54.2. The van der Waals surface area contributed by atoms with Crippen molar-refractivity contribution in [3.05, 3.63) is 24.3 Å². The summed E-state index contributed by atoms with van der Waals surface area (Å²) in [4.78, 5) is 25.1. The molecule has 1 amide bonds. The van der Waals surface area contributed by atoms with Crippen molar-refractivity contribution in [1.29, 1.82) is 0 Å². The van der Waals surface area contributed by atoms with Gasteiger partial charge in [0.05, 0.1) is 32.0 Å². The van der Waals surface area contributed by atoms with Gasteiger partial charge < -0.3 is 45.1 Å². The van der Waals surface area contributed by atoms with E-state index in [2.05, 4.69) is 31.3 Å². The maximum atomic E-state index is 13.0. The number of hydrogen-bond donors (Lipinski definition) is 6. The highest BCUT2D eigenvalue weighted by Gasteiger charge is 2.44. The van der Waals surface area contributed by atoms with Crippen LogP contribution >= 0.6 is 0 Å². The van der Waals surface area contributed by atoms with Crippen LogP contribution in [0.3, 0.4) is 0 Å². The van der Waals surface area contributed by atoms with Gasteiger partial charge in [-0.3, -0.25) is 9.59 Å². The van der Waals surface area contributed by atoms with Gasteiger partial charge in [0.25, 0.3) is 0 Å². The Labute approximate surface area is 429 Å². The van der Waals surface area contributed by atoms with E-state index >= 15 is 0 Å². The lowest BCUT2D eigenvalue weighted by atomic mass is 9.99. The van der Waals surface area contributed by atoms with Crippen molar-refractivity contribution in [2.45, 2.75) is 320 Å². The molecule has 0 saturated carbocycles. The number of hydrogen-bond acceptors (Lipinski definition) is 10. The van der Waals surface area contributed by atoms with Crippen LogP contribution in [0, 0.1) is 0 Å². The lowest BCUT2D eigenvalue weighted by Gasteiger charge is -2.40. The SMILES string of the molecule is CCCCCCCCC/C=C\CCCCCCCC(=O)OCCCCCCCCCCCCCCCCCCCC(=O)NC(COC1OC(CO)C(O)C(O)C1O)C(O)/C=C/CCCCCCCCC. The third-order valence-electron chi connectivity index (χ3n) is 14.1. The third kappa shape index (κ3) is 38.7. The first-order chi connectivity index (χ1) is 34.2. The van der Waals surface area contributed by atoms with E-state index < -0.39 is 49.5 Å². The second kappa shape index (κ2) is 49.4. The van der Waals surface area contributed by atoms with Crippen molar-refractivity contribution in [3.8, 4) is 0 Å². The molecule has 70 heavy (non-hydrogen) atoms. The molecule has 1 rings (SSSR count). The molecule has 11 nitrogen and oxygen atoms in total. The number of esters is 1. The molecule has 0 aromatic carbocycles. The van der Waals surface area contributed by atoms with E-state index in [1.54, 1.807) is 6.08 Å². The van der Waals surface area contributed by atoms with E-state index in [1.165, 1.54) is 186 Å². The van der Waals surface area contributed by atoms with Crippen molar-refractivity contribution in [2.75, 3.05) is 19.8 Å². The summed E-state index contributed by atoms with van der Waals surface area (Å²) in [5.41, 5.74) is 0. The second-order valence-electron chi connectivity index (χ2n) is 20.7. The van der Waals surface area contributed by atoms with E-state index in [0.29, 0.717) is 19.4 Å². The molecule has 1 aliphatic heterocycles. The van der Waals surface area contributed by atoms with Crippen LogP contribution in [-0.4, -0.2) is 100 Å². The Morgan fingerprint density at radius 1 is 0.514 bits per heavy atom. The Kier molecular flexibility index (Phi) is 46.6. The van der Waals surface area contributed by atoms with Gasteiger partial charge in [-0.05, 0) is 57.8 Å². The maximum absolute atomic E-state index is 13.0. The molecule has 1 heterocycles. The molecule has 0 bridgehead atoms. The van der Waals surface area contributed by atoms with Crippen LogP contribution in [0.25, 0.3) is 0 Å². The maximum Gasteiger partial charge on any atom is 0.305 e. The number of carbonyl (C=O) groups is 2. The quantitative estimate of drug-likeness (QED) is 0.0195. The van der Waals surface area contributed by atoms with Crippen LogP contribution in [-0.2, 0) is 23.8 Å². The second-order valence-corrected chi connectivity index (χ2v) is 20.7. The van der Waals surface area contributed by atoms with Gasteiger partial charge >= 0.3 is 5.97 Å². The number of nitrogens with one attached hydrogen (secondary N) is 1. The number of rotatable bonds is 51. The van der Waals surface area contributed by atoms with Crippen molar-refractivity contribution in [2.24, 2.45) is 0 Å². The van der Waals surface area contributed by atoms with Crippen LogP contribution < -0.4 is 5.32 Å². The Morgan fingerprint density at radius 2 is 0.914 bits per heavy atom. The zero-order valence-electron chi connectivity index (χ0n) is 45.2. The largest absolute Gasteiger partial charge is 0.466 e. The molecule has 1 aliphatic rings. The molecule has 6 N–H and O–H groups in total. The fraction of sp³-hybridized carbons (Fsp3) is 0.898. The average molecular weight is 995 g/mol. The van der Waals surface area contributed by atoms with Gasteiger partial charge in [-0.15, -0.1) is 0 Å². The molecule has 0 aromatic rings. The number of amides is 1. The Hall–Kier alpha value is -1.86. The van der Waals surface area contributed by atoms with Gasteiger partial charge in [0.15, 0.2) is 6.29 Å². The summed E-state index contributed by atoms with van der Waals surface area (Å²) in [6, 6.07) is -0.812. The highest BCUT2D eigenvalue weighted by atomic mass is 16.7. The predicted octanol–water partition coefficient (Wildman–Crippen LogP) is 13.3. The van der Waals surface area contributed by atoms with E-state index in [0.717, 1.165) is 64.2 Å². The lowest BCUT2D eigenvalue weighted by molar-refractivity contribution is -0.302. The summed E-state index contributed by atoms with van der Waals surface area (Å²) in [6.07, 6.45) is 48.5. The van der Waals surface area contributed by atoms with Crippen molar-refractivity contribution >= 4 is 11.9 Å². The number of aliphatic hydroxyl groups is 5. The zero-order chi connectivity index (χ0) is 51.0. The van der Waals surface area contributed by atoms with Crippen molar-refractivity contribution < 1.29 is 49.3 Å². The summed E-state index contributed by atoms with van der Waals surface area (Å²) in [6.45, 7) is 4.30. The van der Waals surface area contributed by atoms with Gasteiger partial charge in [-0.2, -0.15) is 0 Å². The van der Waals surface area contributed by atoms with Crippen molar-refractivity contribution in [1.82, 2.24) is 5.32 Å². The molecule has 1 fully saturated rings. The molecule has 0 aliphatic carbocycles. The number of aliphatic hydroxyl groups excluding tert-OH is 5. The molecular weight excluding hydrogens is 883 g/mol. The summed E-state index contributed by atoms with van der Waals surface area (Å²) >= 11 is 0. The minimum absolute atomic E-state index is 0.0189. The van der Waals surface area contributed by atoms with Crippen LogP contribution in [0.2, 0.25) is 0 Å². The van der Waals surface area contributed by atoms with Crippen molar-refractivity contribution in [3.63, 3.8) is 0 Å². The van der Waals surface area contributed by atoms with Gasteiger partial charge in [0.2, 0.25) is 5.91 Å². The third-order valence-corrected chi connectivity index (χ3v) is 14.1. The van der Waals surface area contributed by atoms with Gasteiger partial charge in [-0.1, -0.05) is 231 Å². The normalized spacial score (nSPS) is 19.3. The average Bonchev–Trinajstić information content (AvgIpc) is 3.36. The topological polar surface area (TPSA) is 175 Å². The minimum Gasteiger partial charge on any atom is -0.466 e. The van der Waals surface area contributed by atoms with E-state index in [9.17, 15) is 35.1 Å². The molecule has 7 unspecified atom stereocenters. The smallest absolute Gasteiger partial charge is 0.305 e. The first kappa shape index (κ1) is 66.2. The lowest BCUT2D eigenvalue weighted by Crippen LogP contribution is -2.60. The Morgan fingerprint density at radius 3 is 1.37 bits per heavy atom. The van der Waals surface area contributed by atoms with Crippen LogP contribution in [0.5, 0.6) is 0 Å². The summed E-state index contributed by atoms with van der Waals surface area (Å²) in [7, 11) is 0. The predicted molar refractivity (Wildman–Crippen MR) is 288 cm³/mol. The number of allylic oxidation sites excluding steroid dienone is 3. The number of unbranched alkanes of at least 4 members (excludes halogenated alkanes) is 35. The van der Waals surface area contributed by atoms with Gasteiger partial charge in [-0.25, -0.2) is 0 Å². The van der Waals surface area contributed by atoms with Crippen LogP contribution in [0.1, 0.15) is 277 Å². The van der Waals surface area contributed by atoms with E-state index in [4.69, 9.17) is 14.2 Å². The van der Waals surface area contributed by atoms with E-state index in [-0.39, 0.29) is 18.5 Å². The molecule has 7 atom stereocenters. The van der Waals surface area contributed by atoms with Gasteiger partial charge in [0, 0.05) is 12.8 Å². The molecule has 0 spiro atoms. The highest BCUT2D eigenvalue weighted by molar-refractivity contribution is 5.76. The monoisotopic (exact) mass is 994 g/mol. The first-order valence-electron chi connectivity index (χ1n) is 29.6. The highest BCUT2D eigenvalue weighted by Crippen LogP contribution is 2.23. The standard InChI is InChI=1S/C59H111NO10/c1-3-5-7-9-11-13-14-15-16-21-24-27-31-35-39-43-47-55(64)68-48-44-40-36-32-28-25-22-19-17-18-20-23-26-30-34-38-42-46-54(63)60-51(52(62)45-41-37-33-29-12-10-8-6-4-2)50-69-59-58(67)57(66)56(65)53(49-61)70-59/h16,21,41,45,51-53,56-59,61-62,65-67H,3-15,17-20,22-40,42-44,46-50H2,1-2H3,(H,60,63)/b21-16-,45-41+. The van der Waals surface area contributed by atoms with Gasteiger partial charge in [0.1, 0.15) is 24.4 Å². The first-order valence-corrected chi connectivity index (χ1v) is 29.6. The molecule has 0 aromatic heterocycles. The molecule has 0 radical (unpaired) electrons. The Bertz CT molecular complexity index is 1220. The zero-order valence-corrected chi connectivity index (χ0v) is 45.2. The Balaban J connectivity index is 2.02. The number of carbonyl (C=O) groups excluding carboxylic acids is 2. The minimum atomic E-state index is -1.57. The number of ether oxygens (including phenoxy) is 3. The van der Waals surface area contributed by atoms with E-state index in [1.807, 2.05) is 6.08 Å². The van der Waals surface area contributed by atoms with Crippen LogP contribution in [0.4, 0.5) is 0 Å². The molecule has 11 heteroatoms. The summed E-state index contributed by atoms with van der Waals surface area (Å²) < 4.78 is 16.7.